The molecule has 0 aliphatic carbocycles. The first kappa shape index (κ1) is 7.60. The van der Waals surface area contributed by atoms with E-state index in [-0.39, 0.29) is 5.69 Å². The van der Waals surface area contributed by atoms with Crippen molar-refractivity contribution in [2.45, 2.75) is 0 Å². The number of nitro benzene ring substituents is 1. The van der Waals surface area contributed by atoms with E-state index in [4.69, 9.17) is 5.84 Å². The fourth-order valence-electron chi connectivity index (χ4n) is 1.35. The smallest absolute Gasteiger partial charge is 0.295 e. The van der Waals surface area contributed by atoms with E-state index < -0.39 is 4.92 Å². The molecule has 1 aromatic carbocycles. The van der Waals surface area contributed by atoms with Gasteiger partial charge in [-0.1, -0.05) is 12.1 Å². The number of benzene rings is 1. The van der Waals surface area contributed by atoms with E-state index in [1.54, 1.807) is 24.4 Å². The number of rotatable bonds is 1. The second-order valence-corrected chi connectivity index (χ2v) is 2.70. The summed E-state index contributed by atoms with van der Waals surface area (Å²) < 4.78 is 1.26. The normalized spacial score (nSPS) is 10.5. The van der Waals surface area contributed by atoms with E-state index in [1.807, 2.05) is 0 Å². The predicted molar refractivity (Wildman–Crippen MR) is 48.7 cm³/mol. The molecule has 0 fully saturated rings. The Bertz CT molecular complexity index is 475. The van der Waals surface area contributed by atoms with Gasteiger partial charge in [0.1, 0.15) is 5.52 Å². The maximum absolute atomic E-state index is 10.6. The van der Waals surface area contributed by atoms with Gasteiger partial charge < -0.3 is 5.84 Å². The highest BCUT2D eigenvalue weighted by Gasteiger charge is 2.13. The topological polar surface area (TPSA) is 74.1 Å². The molecule has 0 radical (unpaired) electrons. The van der Waals surface area contributed by atoms with Gasteiger partial charge in [0.15, 0.2) is 0 Å². The second-order valence-electron chi connectivity index (χ2n) is 2.70. The summed E-state index contributed by atoms with van der Waals surface area (Å²) in [6, 6.07) is 6.60. The molecule has 1 aromatic heterocycles. The van der Waals surface area contributed by atoms with Crippen LogP contribution in [-0.4, -0.2) is 9.60 Å². The summed E-state index contributed by atoms with van der Waals surface area (Å²) in [5.74, 6) is 5.53. The standard InChI is InChI=1S/C8H7N3O2/c9-10-5-4-6-2-1-3-7(8(6)10)11(12)13/h1-5H,9H2. The van der Waals surface area contributed by atoms with Crippen LogP contribution in [0.1, 0.15) is 0 Å². The molecule has 5 heteroatoms. The maximum atomic E-state index is 10.6. The molecular weight excluding hydrogens is 170 g/mol. The molecule has 0 saturated carbocycles. The minimum absolute atomic E-state index is 0.0324. The first-order valence-corrected chi connectivity index (χ1v) is 3.69. The largest absolute Gasteiger partial charge is 0.339 e. The van der Waals surface area contributed by atoms with Crippen LogP contribution in [0.4, 0.5) is 5.69 Å². The lowest BCUT2D eigenvalue weighted by Crippen LogP contribution is -2.06. The Hall–Kier alpha value is -2.04. The van der Waals surface area contributed by atoms with Crippen LogP contribution in [0.5, 0.6) is 0 Å². The zero-order chi connectivity index (χ0) is 9.42. The lowest BCUT2D eigenvalue weighted by Gasteiger charge is -1.97. The van der Waals surface area contributed by atoms with Gasteiger partial charge in [0, 0.05) is 17.6 Å². The molecule has 0 spiro atoms. The van der Waals surface area contributed by atoms with Crippen LogP contribution in [-0.2, 0) is 0 Å². The molecule has 0 aliphatic rings. The summed E-state index contributed by atoms with van der Waals surface area (Å²) in [5, 5.41) is 11.4. The molecule has 2 aromatic rings. The number of hydrogen-bond donors (Lipinski definition) is 1. The van der Waals surface area contributed by atoms with Crippen LogP contribution in [0.15, 0.2) is 30.5 Å². The number of nitrogens with two attached hydrogens (primary N) is 1. The van der Waals surface area contributed by atoms with E-state index in [2.05, 4.69) is 0 Å². The fraction of sp³-hybridized carbons (Fsp3) is 0. The van der Waals surface area contributed by atoms with Gasteiger partial charge in [0.05, 0.1) is 4.92 Å². The van der Waals surface area contributed by atoms with Crippen molar-refractivity contribution in [1.29, 1.82) is 0 Å². The van der Waals surface area contributed by atoms with Gasteiger partial charge in [-0.3, -0.25) is 14.8 Å². The Balaban J connectivity index is 2.88. The van der Waals surface area contributed by atoms with Gasteiger partial charge in [0.2, 0.25) is 0 Å². The number of hydrogen-bond acceptors (Lipinski definition) is 3. The summed E-state index contributed by atoms with van der Waals surface area (Å²) >= 11 is 0. The van der Waals surface area contributed by atoms with Crippen molar-refractivity contribution in [3.63, 3.8) is 0 Å². The van der Waals surface area contributed by atoms with E-state index in [0.717, 1.165) is 5.39 Å². The van der Waals surface area contributed by atoms with Crippen LogP contribution in [0, 0.1) is 10.1 Å². The van der Waals surface area contributed by atoms with Crippen molar-refractivity contribution in [3.8, 4) is 0 Å². The summed E-state index contributed by atoms with van der Waals surface area (Å²) in [6.45, 7) is 0. The molecule has 0 bridgehead atoms. The SMILES string of the molecule is Nn1ccc2cccc([N+](=O)[O-])c21. The summed E-state index contributed by atoms with van der Waals surface area (Å²) in [4.78, 5) is 10.2. The van der Waals surface area contributed by atoms with E-state index >= 15 is 0 Å². The first-order chi connectivity index (χ1) is 6.20. The number of non-ortho nitro benzene ring substituents is 1. The number of aromatic nitrogens is 1. The average Bonchev–Trinajstić information content (AvgIpc) is 2.48. The number of fused-ring (bicyclic) bond motifs is 1. The Labute approximate surface area is 73.5 Å². The Morgan fingerprint density at radius 2 is 2.15 bits per heavy atom. The molecule has 13 heavy (non-hydrogen) atoms. The van der Waals surface area contributed by atoms with Gasteiger partial charge >= 0.3 is 0 Å². The lowest BCUT2D eigenvalue weighted by atomic mass is 10.2. The van der Waals surface area contributed by atoms with E-state index in [9.17, 15) is 10.1 Å². The van der Waals surface area contributed by atoms with Crippen molar-refractivity contribution >= 4 is 16.6 Å². The predicted octanol–water partition coefficient (Wildman–Crippen LogP) is 1.26. The Morgan fingerprint density at radius 3 is 2.85 bits per heavy atom. The fourth-order valence-corrected chi connectivity index (χ4v) is 1.35. The van der Waals surface area contributed by atoms with E-state index in [0.29, 0.717) is 5.52 Å². The molecular formula is C8H7N3O2. The van der Waals surface area contributed by atoms with Crippen LogP contribution < -0.4 is 5.84 Å². The van der Waals surface area contributed by atoms with Crippen molar-refractivity contribution in [2.75, 3.05) is 5.84 Å². The summed E-state index contributed by atoms with van der Waals surface area (Å²) in [7, 11) is 0. The van der Waals surface area contributed by atoms with Crippen LogP contribution in [0.25, 0.3) is 10.9 Å². The Kier molecular flexibility index (Phi) is 1.45. The average molecular weight is 177 g/mol. The van der Waals surface area contributed by atoms with Gasteiger partial charge in [0.25, 0.3) is 5.69 Å². The molecule has 0 unspecified atom stereocenters. The first-order valence-electron chi connectivity index (χ1n) is 3.69. The van der Waals surface area contributed by atoms with Crippen LogP contribution >= 0.6 is 0 Å². The van der Waals surface area contributed by atoms with Crippen molar-refractivity contribution < 1.29 is 4.92 Å². The molecule has 2 rings (SSSR count). The third kappa shape index (κ3) is 1.01. The molecule has 5 nitrogen and oxygen atoms in total. The van der Waals surface area contributed by atoms with Crippen molar-refractivity contribution in [3.05, 3.63) is 40.6 Å². The van der Waals surface area contributed by atoms with Gasteiger partial charge in [-0.2, -0.15) is 0 Å². The van der Waals surface area contributed by atoms with Gasteiger partial charge in [-0.25, -0.2) is 0 Å². The highest BCUT2D eigenvalue weighted by Crippen LogP contribution is 2.24. The molecule has 2 N–H and O–H groups in total. The minimum Gasteiger partial charge on any atom is -0.339 e. The number of nitrogen functional groups attached to an aromatic ring is 1. The maximum Gasteiger partial charge on any atom is 0.295 e. The van der Waals surface area contributed by atoms with Crippen LogP contribution in [0.2, 0.25) is 0 Å². The Morgan fingerprint density at radius 1 is 1.38 bits per heavy atom. The molecule has 0 atom stereocenters. The van der Waals surface area contributed by atoms with E-state index in [1.165, 1.54) is 10.7 Å². The molecule has 0 amide bonds. The molecule has 0 aliphatic heterocycles. The summed E-state index contributed by atoms with van der Waals surface area (Å²) in [5.41, 5.74) is 0.484. The molecule has 1 heterocycles. The highest BCUT2D eigenvalue weighted by atomic mass is 16.6. The third-order valence-corrected chi connectivity index (χ3v) is 1.92. The third-order valence-electron chi connectivity index (χ3n) is 1.92. The quantitative estimate of drug-likeness (QED) is 0.405. The van der Waals surface area contributed by atoms with Crippen molar-refractivity contribution in [2.24, 2.45) is 0 Å². The number of para-hydroxylation sites is 1. The minimum atomic E-state index is -0.439. The van der Waals surface area contributed by atoms with Crippen LogP contribution in [0.3, 0.4) is 0 Å². The van der Waals surface area contributed by atoms with Crippen molar-refractivity contribution in [1.82, 2.24) is 4.68 Å². The van der Waals surface area contributed by atoms with Gasteiger partial charge in [-0.15, -0.1) is 0 Å². The number of nitro groups is 1. The lowest BCUT2D eigenvalue weighted by molar-refractivity contribution is -0.383. The molecule has 0 saturated heterocycles. The molecule has 66 valence electrons. The zero-order valence-electron chi connectivity index (χ0n) is 6.68. The monoisotopic (exact) mass is 177 g/mol. The number of nitrogens with zero attached hydrogens (tertiary/aromatic N) is 2. The summed E-state index contributed by atoms with van der Waals surface area (Å²) in [6.07, 6.45) is 1.59. The second kappa shape index (κ2) is 2.48. The zero-order valence-corrected chi connectivity index (χ0v) is 6.68. The van der Waals surface area contributed by atoms with Gasteiger partial charge in [-0.05, 0) is 6.07 Å². The highest BCUT2D eigenvalue weighted by molar-refractivity contribution is 5.88.